The molecule has 0 amide bonds. The van der Waals surface area contributed by atoms with Crippen LogP contribution in [0, 0.1) is 0 Å². The molecule has 0 fully saturated rings. The van der Waals surface area contributed by atoms with Crippen LogP contribution in [0.1, 0.15) is 27.6 Å². The van der Waals surface area contributed by atoms with Crippen LogP contribution < -0.4 is 23.7 Å². The van der Waals surface area contributed by atoms with E-state index in [0.29, 0.717) is 51.7 Å². The SMILES string of the molecule is COc1cc(C(O)c2cc3c(cc2C=O)OCO3)cc(OC)c1OC. The van der Waals surface area contributed by atoms with Crippen LogP contribution in [0.15, 0.2) is 24.3 Å². The summed E-state index contributed by atoms with van der Waals surface area (Å²) in [4.78, 5) is 11.4. The molecule has 0 saturated carbocycles. The first-order valence-electron chi connectivity index (χ1n) is 7.49. The maximum atomic E-state index is 11.4. The number of hydrogen-bond donors (Lipinski definition) is 1. The fraction of sp³-hybridized carbons (Fsp3) is 0.278. The molecule has 1 aliphatic heterocycles. The number of carbonyl (C=O) groups excluding carboxylic acids is 1. The number of benzene rings is 2. The first-order valence-corrected chi connectivity index (χ1v) is 7.49. The molecule has 1 atom stereocenters. The molecule has 1 aliphatic rings. The lowest BCUT2D eigenvalue weighted by Crippen LogP contribution is -2.05. The average Bonchev–Trinajstić information content (AvgIpc) is 3.12. The number of carbonyl (C=O) groups is 1. The van der Waals surface area contributed by atoms with Gasteiger partial charge in [0.1, 0.15) is 6.10 Å². The molecule has 132 valence electrons. The first kappa shape index (κ1) is 16.9. The van der Waals surface area contributed by atoms with Gasteiger partial charge in [0.15, 0.2) is 29.3 Å². The lowest BCUT2D eigenvalue weighted by Gasteiger charge is -2.18. The maximum Gasteiger partial charge on any atom is 0.231 e. The second-order valence-corrected chi connectivity index (χ2v) is 5.31. The van der Waals surface area contributed by atoms with E-state index in [9.17, 15) is 9.90 Å². The molecule has 2 aromatic carbocycles. The van der Waals surface area contributed by atoms with Crippen molar-refractivity contribution < 1.29 is 33.6 Å². The molecule has 0 aromatic heterocycles. The van der Waals surface area contributed by atoms with Gasteiger partial charge in [-0.1, -0.05) is 0 Å². The number of ether oxygens (including phenoxy) is 5. The Bertz CT molecular complexity index is 775. The van der Waals surface area contributed by atoms with E-state index >= 15 is 0 Å². The second-order valence-electron chi connectivity index (χ2n) is 5.31. The predicted molar refractivity (Wildman–Crippen MR) is 88.1 cm³/mol. The summed E-state index contributed by atoms with van der Waals surface area (Å²) in [5, 5.41) is 10.8. The van der Waals surface area contributed by atoms with Gasteiger partial charge >= 0.3 is 0 Å². The van der Waals surface area contributed by atoms with E-state index in [1.54, 1.807) is 24.3 Å². The average molecular weight is 346 g/mol. The third kappa shape index (κ3) is 2.94. The molecule has 1 N–H and O–H groups in total. The summed E-state index contributed by atoms with van der Waals surface area (Å²) in [7, 11) is 4.48. The largest absolute Gasteiger partial charge is 0.493 e. The summed E-state index contributed by atoms with van der Waals surface area (Å²) < 4.78 is 26.5. The van der Waals surface area contributed by atoms with Crippen LogP contribution in [-0.4, -0.2) is 39.5 Å². The zero-order valence-electron chi connectivity index (χ0n) is 14.1. The number of hydrogen-bond acceptors (Lipinski definition) is 7. The van der Waals surface area contributed by atoms with Gasteiger partial charge in [0, 0.05) is 5.56 Å². The van der Waals surface area contributed by atoms with E-state index in [-0.39, 0.29) is 6.79 Å². The van der Waals surface area contributed by atoms with Gasteiger partial charge in [0.05, 0.1) is 21.3 Å². The maximum absolute atomic E-state index is 11.4. The molecule has 0 radical (unpaired) electrons. The molecule has 3 rings (SSSR count). The lowest BCUT2D eigenvalue weighted by molar-refractivity contribution is 0.111. The summed E-state index contributed by atoms with van der Waals surface area (Å²) in [5.74, 6) is 2.19. The van der Waals surface area contributed by atoms with Crippen LogP contribution in [0.3, 0.4) is 0 Å². The van der Waals surface area contributed by atoms with Crippen molar-refractivity contribution in [3.63, 3.8) is 0 Å². The Morgan fingerprint density at radius 1 is 1.00 bits per heavy atom. The zero-order chi connectivity index (χ0) is 18.0. The normalized spacial score (nSPS) is 13.3. The van der Waals surface area contributed by atoms with E-state index in [0.717, 1.165) is 0 Å². The highest BCUT2D eigenvalue weighted by Crippen LogP contribution is 2.43. The highest BCUT2D eigenvalue weighted by Gasteiger charge is 2.24. The molecule has 0 bridgehead atoms. The fourth-order valence-electron chi connectivity index (χ4n) is 2.75. The van der Waals surface area contributed by atoms with Crippen molar-refractivity contribution in [2.24, 2.45) is 0 Å². The summed E-state index contributed by atoms with van der Waals surface area (Å²) in [6.45, 7) is 0.0807. The van der Waals surface area contributed by atoms with Gasteiger partial charge in [-0.05, 0) is 35.4 Å². The van der Waals surface area contributed by atoms with Gasteiger partial charge in [-0.15, -0.1) is 0 Å². The van der Waals surface area contributed by atoms with Gasteiger partial charge in [-0.25, -0.2) is 0 Å². The van der Waals surface area contributed by atoms with Crippen molar-refractivity contribution >= 4 is 6.29 Å². The first-order chi connectivity index (χ1) is 12.1. The molecular weight excluding hydrogens is 328 g/mol. The van der Waals surface area contributed by atoms with Crippen molar-refractivity contribution in [1.82, 2.24) is 0 Å². The van der Waals surface area contributed by atoms with E-state index < -0.39 is 6.10 Å². The monoisotopic (exact) mass is 346 g/mol. The van der Waals surface area contributed by atoms with Gasteiger partial charge in [-0.2, -0.15) is 0 Å². The van der Waals surface area contributed by atoms with Gasteiger partial charge < -0.3 is 28.8 Å². The predicted octanol–water partition coefficient (Wildman–Crippen LogP) is 2.34. The van der Waals surface area contributed by atoms with Crippen molar-refractivity contribution in [2.75, 3.05) is 28.1 Å². The summed E-state index contributed by atoms with van der Waals surface area (Å²) in [6.07, 6.45) is -0.429. The molecule has 0 saturated heterocycles. The highest BCUT2D eigenvalue weighted by molar-refractivity contribution is 5.80. The lowest BCUT2D eigenvalue weighted by atomic mass is 9.96. The smallest absolute Gasteiger partial charge is 0.231 e. The van der Waals surface area contributed by atoms with Crippen LogP contribution in [-0.2, 0) is 0 Å². The Balaban J connectivity index is 2.09. The van der Waals surface area contributed by atoms with Crippen molar-refractivity contribution in [2.45, 2.75) is 6.10 Å². The quantitative estimate of drug-likeness (QED) is 0.804. The standard InChI is InChI=1S/C18H18O7/c1-21-15-4-10(5-16(22-2)18(15)23-3)17(20)12-7-14-13(24-9-25-14)6-11(12)8-19/h4-8,17,20H,9H2,1-3H3. The molecule has 7 heteroatoms. The summed E-state index contributed by atoms with van der Waals surface area (Å²) >= 11 is 0. The molecule has 1 heterocycles. The molecule has 0 aliphatic carbocycles. The topological polar surface area (TPSA) is 83.5 Å². The van der Waals surface area contributed by atoms with E-state index in [1.807, 2.05) is 0 Å². The van der Waals surface area contributed by atoms with Crippen LogP contribution in [0.4, 0.5) is 0 Å². The van der Waals surface area contributed by atoms with Crippen molar-refractivity contribution in [3.8, 4) is 28.7 Å². The number of rotatable bonds is 6. The van der Waals surface area contributed by atoms with E-state index in [1.165, 1.54) is 21.3 Å². The molecule has 1 unspecified atom stereocenters. The van der Waals surface area contributed by atoms with Crippen LogP contribution in [0.5, 0.6) is 28.7 Å². The molecular formula is C18H18O7. The van der Waals surface area contributed by atoms with Crippen LogP contribution in [0.2, 0.25) is 0 Å². The second kappa shape index (κ2) is 6.90. The third-order valence-electron chi connectivity index (χ3n) is 4.00. The molecule has 7 nitrogen and oxygen atoms in total. The molecule has 25 heavy (non-hydrogen) atoms. The minimum Gasteiger partial charge on any atom is -0.493 e. The third-order valence-corrected chi connectivity index (χ3v) is 4.00. The van der Waals surface area contributed by atoms with Crippen LogP contribution >= 0.6 is 0 Å². The molecule has 2 aromatic rings. The van der Waals surface area contributed by atoms with E-state index in [4.69, 9.17) is 23.7 Å². The van der Waals surface area contributed by atoms with Gasteiger partial charge in [-0.3, -0.25) is 4.79 Å². The number of fused-ring (bicyclic) bond motifs is 1. The van der Waals surface area contributed by atoms with E-state index in [2.05, 4.69) is 0 Å². The van der Waals surface area contributed by atoms with Gasteiger partial charge in [0.25, 0.3) is 0 Å². The van der Waals surface area contributed by atoms with Gasteiger partial charge in [0.2, 0.25) is 12.5 Å². The highest BCUT2D eigenvalue weighted by atomic mass is 16.7. The number of aliphatic hydroxyl groups excluding tert-OH is 1. The fourth-order valence-corrected chi connectivity index (χ4v) is 2.75. The Hall–Kier alpha value is -2.93. The minimum absolute atomic E-state index is 0.0807. The number of aliphatic hydroxyl groups is 1. The Kier molecular flexibility index (Phi) is 4.67. The Morgan fingerprint density at radius 3 is 2.12 bits per heavy atom. The zero-order valence-corrected chi connectivity index (χ0v) is 14.1. The van der Waals surface area contributed by atoms with Crippen molar-refractivity contribution in [3.05, 3.63) is 41.0 Å². The van der Waals surface area contributed by atoms with Crippen molar-refractivity contribution in [1.29, 1.82) is 0 Å². The summed E-state index contributed by atoms with van der Waals surface area (Å²) in [5.41, 5.74) is 1.19. The number of aldehydes is 1. The number of methoxy groups -OCH3 is 3. The molecule has 0 spiro atoms. The summed E-state index contributed by atoms with van der Waals surface area (Å²) in [6, 6.07) is 6.40. The Morgan fingerprint density at radius 2 is 1.60 bits per heavy atom. The minimum atomic E-state index is -1.09. The van der Waals surface area contributed by atoms with Crippen LogP contribution in [0.25, 0.3) is 0 Å². The Labute approximate surface area is 144 Å².